The van der Waals surface area contributed by atoms with Gasteiger partial charge in [-0.05, 0) is 43.3 Å². The van der Waals surface area contributed by atoms with Gasteiger partial charge in [0, 0.05) is 5.69 Å². The zero-order valence-electron chi connectivity index (χ0n) is 15.5. The van der Waals surface area contributed by atoms with Gasteiger partial charge in [0.2, 0.25) is 0 Å². The maximum Gasteiger partial charge on any atom is 0.279 e. The predicted molar refractivity (Wildman–Crippen MR) is 107 cm³/mol. The van der Waals surface area contributed by atoms with E-state index in [0.717, 1.165) is 0 Å². The Kier molecular flexibility index (Phi) is 5.54. The molecule has 0 spiro atoms. The number of hydrogen-bond acceptors (Lipinski definition) is 7. The molecular weight excluding hydrogens is 378 g/mol. The number of allylic oxidation sites excluding steroid dienone is 1. The lowest BCUT2D eigenvalue weighted by molar-refractivity contribution is -0.113. The Morgan fingerprint density at radius 3 is 2.41 bits per heavy atom. The number of methoxy groups -OCH3 is 1. The van der Waals surface area contributed by atoms with Crippen LogP contribution in [0.25, 0.3) is 10.8 Å². The smallest absolute Gasteiger partial charge is 0.279 e. The fourth-order valence-corrected chi connectivity index (χ4v) is 2.55. The zero-order chi connectivity index (χ0) is 21.0. The topological polar surface area (TPSA) is 149 Å². The van der Waals surface area contributed by atoms with Crippen LogP contribution in [0.1, 0.15) is 6.92 Å². The maximum absolute atomic E-state index is 12.5. The molecule has 0 radical (unpaired) electrons. The number of aliphatic hydroxyl groups excluding tert-OH is 1. The van der Waals surface area contributed by atoms with E-state index in [1.807, 2.05) is 0 Å². The fraction of sp³-hybridized carbons (Fsp3) is 0.105. The van der Waals surface area contributed by atoms with Crippen molar-refractivity contribution in [2.75, 3.05) is 12.4 Å². The van der Waals surface area contributed by atoms with Crippen LogP contribution in [0.15, 0.2) is 73.7 Å². The van der Waals surface area contributed by atoms with Gasteiger partial charge in [0.25, 0.3) is 17.0 Å². The Morgan fingerprint density at radius 2 is 1.76 bits per heavy atom. The first-order chi connectivity index (χ1) is 13.9. The fourth-order valence-electron chi connectivity index (χ4n) is 2.55. The molecule has 0 atom stereocenters. The standard InChI is InChI=1S/C19H17N5O5/c1-10(25)16(19(28)20-11-6-8-12(29-2)9-7-11)22-21-14-5-3-4-13-15(14)18(27)24-23-17(13)26/h3-9,25H,1-2H3,(H,20,28)(H,23,26)(H,24,27). The number of fused-ring (bicyclic) bond motifs is 1. The Hall–Kier alpha value is -4.21. The Labute approximate surface area is 163 Å². The number of hydrogen-bond donors (Lipinski definition) is 4. The number of H-pyrrole nitrogens is 2. The van der Waals surface area contributed by atoms with Gasteiger partial charge in [0.1, 0.15) is 11.5 Å². The largest absolute Gasteiger partial charge is 0.510 e. The second-order valence-electron chi connectivity index (χ2n) is 5.92. The molecular formula is C19H17N5O5. The molecule has 0 saturated heterocycles. The average molecular weight is 395 g/mol. The number of aromatic nitrogens is 2. The monoisotopic (exact) mass is 395 g/mol. The molecule has 1 amide bonds. The van der Waals surface area contributed by atoms with E-state index < -0.39 is 17.0 Å². The summed E-state index contributed by atoms with van der Waals surface area (Å²) in [5.41, 5.74) is -0.881. The van der Waals surface area contributed by atoms with Gasteiger partial charge in [-0.3, -0.25) is 24.6 Å². The van der Waals surface area contributed by atoms with Crippen LogP contribution >= 0.6 is 0 Å². The highest BCUT2D eigenvalue weighted by Gasteiger charge is 2.14. The molecule has 0 aliphatic carbocycles. The molecule has 3 aromatic rings. The molecule has 4 N–H and O–H groups in total. The van der Waals surface area contributed by atoms with E-state index >= 15 is 0 Å². The molecule has 10 heteroatoms. The lowest BCUT2D eigenvalue weighted by Crippen LogP contribution is -2.18. The molecule has 0 aliphatic heterocycles. The summed E-state index contributed by atoms with van der Waals surface area (Å²) < 4.78 is 5.05. The zero-order valence-corrected chi connectivity index (χ0v) is 15.5. The van der Waals surface area contributed by atoms with E-state index in [2.05, 4.69) is 25.7 Å². The van der Waals surface area contributed by atoms with Gasteiger partial charge in [-0.15, -0.1) is 10.2 Å². The summed E-state index contributed by atoms with van der Waals surface area (Å²) in [6.45, 7) is 1.28. The van der Waals surface area contributed by atoms with E-state index in [4.69, 9.17) is 4.74 Å². The maximum atomic E-state index is 12.5. The van der Waals surface area contributed by atoms with Gasteiger partial charge in [0.05, 0.1) is 23.6 Å². The number of benzene rings is 2. The van der Waals surface area contributed by atoms with Gasteiger partial charge in [-0.2, -0.15) is 0 Å². The van der Waals surface area contributed by atoms with E-state index in [0.29, 0.717) is 11.4 Å². The number of aromatic amines is 2. The van der Waals surface area contributed by atoms with E-state index in [1.54, 1.807) is 24.3 Å². The van der Waals surface area contributed by atoms with Crippen LogP contribution in [-0.2, 0) is 4.79 Å². The first kappa shape index (κ1) is 19.5. The number of nitrogens with zero attached hydrogens (tertiary/aromatic N) is 2. The molecule has 10 nitrogen and oxygen atoms in total. The number of rotatable bonds is 5. The molecule has 1 aromatic heterocycles. The van der Waals surface area contributed by atoms with Crippen molar-refractivity contribution >= 4 is 28.1 Å². The van der Waals surface area contributed by atoms with Gasteiger partial charge in [0.15, 0.2) is 5.70 Å². The van der Waals surface area contributed by atoms with Crippen molar-refractivity contribution in [2.45, 2.75) is 6.92 Å². The van der Waals surface area contributed by atoms with Crippen LogP contribution in [0.3, 0.4) is 0 Å². The third-order valence-electron chi connectivity index (χ3n) is 3.97. The number of ether oxygens (including phenoxy) is 1. The van der Waals surface area contributed by atoms with Gasteiger partial charge in [-0.25, -0.2) is 0 Å². The number of azo groups is 1. The Balaban J connectivity index is 1.93. The van der Waals surface area contributed by atoms with Crippen molar-refractivity contribution in [3.05, 3.63) is 74.6 Å². The van der Waals surface area contributed by atoms with Crippen molar-refractivity contribution in [2.24, 2.45) is 10.2 Å². The van der Waals surface area contributed by atoms with Crippen LogP contribution in [0.5, 0.6) is 5.75 Å². The minimum Gasteiger partial charge on any atom is -0.510 e. The summed E-state index contributed by atoms with van der Waals surface area (Å²) >= 11 is 0. The lowest BCUT2D eigenvalue weighted by Gasteiger charge is -2.07. The molecule has 2 aromatic carbocycles. The van der Waals surface area contributed by atoms with Crippen molar-refractivity contribution in [1.82, 2.24) is 10.2 Å². The summed E-state index contributed by atoms with van der Waals surface area (Å²) in [4.78, 5) is 36.4. The summed E-state index contributed by atoms with van der Waals surface area (Å²) in [6.07, 6.45) is 0. The molecule has 1 heterocycles. The highest BCUT2D eigenvalue weighted by Crippen LogP contribution is 2.22. The van der Waals surface area contributed by atoms with Crippen LogP contribution in [0.2, 0.25) is 0 Å². The third-order valence-corrected chi connectivity index (χ3v) is 3.97. The summed E-state index contributed by atoms with van der Waals surface area (Å²) in [6, 6.07) is 11.0. The van der Waals surface area contributed by atoms with Crippen LogP contribution in [0.4, 0.5) is 11.4 Å². The van der Waals surface area contributed by atoms with Crippen molar-refractivity contribution in [1.29, 1.82) is 0 Å². The summed E-state index contributed by atoms with van der Waals surface area (Å²) in [5, 5.41) is 24.7. The van der Waals surface area contributed by atoms with Crippen molar-refractivity contribution < 1.29 is 14.6 Å². The molecule has 0 saturated carbocycles. The molecule has 0 bridgehead atoms. The second-order valence-corrected chi connectivity index (χ2v) is 5.92. The van der Waals surface area contributed by atoms with E-state index in [9.17, 15) is 19.5 Å². The number of nitrogens with one attached hydrogen (secondary N) is 3. The van der Waals surface area contributed by atoms with Crippen molar-refractivity contribution in [3.8, 4) is 5.75 Å². The number of anilines is 1. The SMILES string of the molecule is COc1ccc(NC(=O)C(N=Nc2cccc3c(=O)[nH][nH]c(=O)c23)=C(C)O)cc1. The van der Waals surface area contributed by atoms with Gasteiger partial charge >= 0.3 is 0 Å². The average Bonchev–Trinajstić information content (AvgIpc) is 2.71. The van der Waals surface area contributed by atoms with Crippen LogP contribution in [-0.4, -0.2) is 28.3 Å². The van der Waals surface area contributed by atoms with Crippen LogP contribution < -0.4 is 21.2 Å². The number of carbonyl (C=O) groups excluding carboxylic acids is 1. The second kappa shape index (κ2) is 8.21. The molecule has 0 fully saturated rings. The van der Waals surface area contributed by atoms with Crippen LogP contribution in [0, 0.1) is 0 Å². The molecule has 148 valence electrons. The first-order valence-corrected chi connectivity index (χ1v) is 8.41. The Morgan fingerprint density at radius 1 is 1.07 bits per heavy atom. The van der Waals surface area contributed by atoms with Gasteiger partial charge < -0.3 is 15.2 Å². The minimum absolute atomic E-state index is 0.0190. The highest BCUT2D eigenvalue weighted by atomic mass is 16.5. The van der Waals surface area contributed by atoms with E-state index in [-0.39, 0.29) is 27.9 Å². The molecule has 0 unspecified atom stereocenters. The predicted octanol–water partition coefficient (Wildman–Crippen LogP) is 2.74. The van der Waals surface area contributed by atoms with Crippen molar-refractivity contribution in [3.63, 3.8) is 0 Å². The lowest BCUT2D eigenvalue weighted by atomic mass is 10.1. The number of carbonyl (C=O) groups is 1. The number of amides is 1. The third kappa shape index (κ3) is 4.21. The normalized spacial score (nSPS) is 12.1. The summed E-state index contributed by atoms with van der Waals surface area (Å²) in [7, 11) is 1.52. The summed E-state index contributed by atoms with van der Waals surface area (Å²) in [5.74, 6) is -0.453. The van der Waals surface area contributed by atoms with Gasteiger partial charge in [-0.1, -0.05) is 6.07 Å². The molecule has 0 aliphatic rings. The highest BCUT2D eigenvalue weighted by molar-refractivity contribution is 6.03. The number of aliphatic hydroxyl groups is 1. The Bertz CT molecular complexity index is 1230. The first-order valence-electron chi connectivity index (χ1n) is 8.41. The molecule has 29 heavy (non-hydrogen) atoms. The minimum atomic E-state index is -0.703. The molecule has 3 rings (SSSR count). The quantitative estimate of drug-likeness (QED) is 0.298. The van der Waals surface area contributed by atoms with E-state index in [1.165, 1.54) is 32.2 Å².